The van der Waals surface area contributed by atoms with Crippen LogP contribution < -0.4 is 5.32 Å². The number of carbonyl (C=O) groups is 2. The van der Waals surface area contributed by atoms with E-state index in [2.05, 4.69) is 10.3 Å². The van der Waals surface area contributed by atoms with Gasteiger partial charge in [0.05, 0.1) is 0 Å². The number of ether oxygens (including phenoxy) is 2. The van der Waals surface area contributed by atoms with Crippen LogP contribution in [0.1, 0.15) is 52.8 Å². The van der Waals surface area contributed by atoms with Crippen molar-refractivity contribution in [3.05, 3.63) is 29.3 Å². The minimum atomic E-state index is -1.10. The molecule has 0 bridgehead atoms. The Labute approximate surface area is 152 Å². The second-order valence-corrected chi connectivity index (χ2v) is 7.72. The molecular weight excluding hydrogens is 341 g/mol. The summed E-state index contributed by atoms with van der Waals surface area (Å²) in [7, 11) is 0. The quantitative estimate of drug-likeness (QED) is 0.823. The molecule has 1 aromatic heterocycles. The monoisotopic (exact) mass is 365 g/mol. The van der Waals surface area contributed by atoms with Crippen LogP contribution in [0.3, 0.4) is 0 Å². The number of nitrogens with zero attached hydrogens (tertiary/aromatic N) is 2. The van der Waals surface area contributed by atoms with E-state index in [1.807, 2.05) is 0 Å². The van der Waals surface area contributed by atoms with Crippen molar-refractivity contribution in [1.29, 1.82) is 5.26 Å². The molecule has 0 saturated heterocycles. The Hall–Kier alpha value is -2.69. The fourth-order valence-electron chi connectivity index (χ4n) is 1.92. The fraction of sp³-hybridized carbons (Fsp3) is 0.556. The number of alkyl carbamates (subject to hydrolysis) is 1. The molecule has 0 aromatic carbocycles. The molecular formula is C18H24FN3O4. The van der Waals surface area contributed by atoms with E-state index in [1.165, 1.54) is 6.20 Å². The zero-order chi connectivity index (χ0) is 20.1. The number of rotatable bonds is 4. The zero-order valence-corrected chi connectivity index (χ0v) is 15.8. The number of aromatic nitrogens is 1. The number of hydrogen-bond acceptors (Lipinski definition) is 6. The van der Waals surface area contributed by atoms with Crippen molar-refractivity contribution in [3.63, 3.8) is 0 Å². The molecule has 1 aromatic rings. The number of esters is 1. The summed E-state index contributed by atoms with van der Waals surface area (Å²) in [4.78, 5) is 28.1. The summed E-state index contributed by atoms with van der Waals surface area (Å²) in [5.41, 5.74) is -1.53. The third-order valence-corrected chi connectivity index (χ3v) is 2.83. The first-order chi connectivity index (χ1) is 11.8. The summed E-state index contributed by atoms with van der Waals surface area (Å²) in [5.74, 6) is -1.49. The average molecular weight is 365 g/mol. The van der Waals surface area contributed by atoms with Crippen LogP contribution in [0, 0.1) is 17.1 Å². The Morgan fingerprint density at radius 1 is 1.23 bits per heavy atom. The van der Waals surface area contributed by atoms with E-state index in [1.54, 1.807) is 47.6 Å². The molecule has 1 atom stereocenters. The number of nitrogens with one attached hydrogen (secondary N) is 1. The molecule has 1 amide bonds. The van der Waals surface area contributed by atoms with Gasteiger partial charge in [-0.05, 0) is 53.2 Å². The fourth-order valence-corrected chi connectivity index (χ4v) is 1.92. The van der Waals surface area contributed by atoms with Crippen molar-refractivity contribution >= 4 is 12.1 Å². The van der Waals surface area contributed by atoms with Crippen molar-refractivity contribution in [2.45, 2.75) is 65.2 Å². The van der Waals surface area contributed by atoms with Gasteiger partial charge in [0.25, 0.3) is 0 Å². The van der Waals surface area contributed by atoms with Gasteiger partial charge in [-0.2, -0.15) is 5.26 Å². The van der Waals surface area contributed by atoms with E-state index in [4.69, 9.17) is 14.7 Å². The first kappa shape index (κ1) is 21.4. The van der Waals surface area contributed by atoms with E-state index >= 15 is 0 Å². The van der Waals surface area contributed by atoms with Gasteiger partial charge in [0.1, 0.15) is 23.3 Å². The molecule has 1 heterocycles. The molecule has 0 aliphatic carbocycles. The van der Waals surface area contributed by atoms with E-state index in [9.17, 15) is 14.0 Å². The van der Waals surface area contributed by atoms with Gasteiger partial charge in [-0.1, -0.05) is 0 Å². The average Bonchev–Trinajstić information content (AvgIpc) is 2.43. The van der Waals surface area contributed by atoms with E-state index < -0.39 is 35.1 Å². The Morgan fingerprint density at radius 2 is 1.81 bits per heavy atom. The zero-order valence-electron chi connectivity index (χ0n) is 15.8. The van der Waals surface area contributed by atoms with Gasteiger partial charge < -0.3 is 14.8 Å². The van der Waals surface area contributed by atoms with Crippen molar-refractivity contribution in [1.82, 2.24) is 10.3 Å². The van der Waals surface area contributed by atoms with Gasteiger partial charge in [0, 0.05) is 12.6 Å². The molecule has 0 unspecified atom stereocenters. The maximum absolute atomic E-state index is 13.7. The first-order valence-corrected chi connectivity index (χ1v) is 8.07. The lowest BCUT2D eigenvalue weighted by Crippen LogP contribution is -2.47. The molecule has 0 spiro atoms. The largest absolute Gasteiger partial charge is 0.458 e. The third-order valence-electron chi connectivity index (χ3n) is 2.83. The number of amides is 1. The topological polar surface area (TPSA) is 101 Å². The summed E-state index contributed by atoms with van der Waals surface area (Å²) in [6, 6.07) is 1.62. The molecule has 1 N–H and O–H groups in total. The maximum atomic E-state index is 13.7. The maximum Gasteiger partial charge on any atom is 0.408 e. The lowest BCUT2D eigenvalue weighted by molar-refractivity contribution is -0.157. The van der Waals surface area contributed by atoms with Crippen LogP contribution in [0.5, 0.6) is 0 Å². The van der Waals surface area contributed by atoms with Crippen LogP contribution in [0.2, 0.25) is 0 Å². The Kier molecular flexibility index (Phi) is 6.67. The Balaban J connectivity index is 3.00. The third kappa shape index (κ3) is 7.47. The van der Waals surface area contributed by atoms with Crippen molar-refractivity contribution in [2.24, 2.45) is 0 Å². The summed E-state index contributed by atoms with van der Waals surface area (Å²) in [5, 5.41) is 11.2. The van der Waals surface area contributed by atoms with Gasteiger partial charge in [0.2, 0.25) is 0 Å². The lowest BCUT2D eigenvalue weighted by atomic mass is 10.1. The number of pyridine rings is 1. The Bertz CT molecular complexity index is 715. The summed E-state index contributed by atoms with van der Waals surface area (Å²) in [6.45, 7) is 10.1. The van der Waals surface area contributed by atoms with Crippen molar-refractivity contribution in [3.8, 4) is 6.07 Å². The van der Waals surface area contributed by atoms with Crippen LogP contribution in [0.4, 0.5) is 9.18 Å². The molecule has 0 aliphatic rings. The Morgan fingerprint density at radius 3 is 2.27 bits per heavy atom. The van der Waals surface area contributed by atoms with Crippen LogP contribution >= 0.6 is 0 Å². The normalized spacial score (nSPS) is 12.7. The molecule has 0 radical (unpaired) electrons. The highest BCUT2D eigenvalue weighted by atomic mass is 19.1. The van der Waals surface area contributed by atoms with Gasteiger partial charge in [-0.3, -0.25) is 0 Å². The first-order valence-electron chi connectivity index (χ1n) is 8.07. The molecule has 0 aliphatic heterocycles. The molecule has 1 rings (SSSR count). The molecule has 0 fully saturated rings. The summed E-state index contributed by atoms with van der Waals surface area (Å²) in [6.07, 6.45) is 0.412. The van der Waals surface area contributed by atoms with Crippen LogP contribution in [0.15, 0.2) is 12.3 Å². The van der Waals surface area contributed by atoms with E-state index in [0.29, 0.717) is 5.56 Å². The lowest BCUT2D eigenvalue weighted by Gasteiger charge is -2.26. The van der Waals surface area contributed by atoms with Crippen molar-refractivity contribution in [2.75, 3.05) is 0 Å². The van der Waals surface area contributed by atoms with Gasteiger partial charge in [-0.15, -0.1) is 0 Å². The number of halogens is 1. The van der Waals surface area contributed by atoms with Gasteiger partial charge in [-0.25, -0.2) is 19.0 Å². The van der Waals surface area contributed by atoms with Crippen LogP contribution in [-0.4, -0.2) is 34.3 Å². The van der Waals surface area contributed by atoms with Gasteiger partial charge >= 0.3 is 12.1 Å². The highest BCUT2D eigenvalue weighted by Gasteiger charge is 2.29. The molecule has 0 saturated carbocycles. The van der Waals surface area contributed by atoms with Gasteiger partial charge in [0.15, 0.2) is 11.5 Å². The van der Waals surface area contributed by atoms with E-state index in [0.717, 1.165) is 6.07 Å². The van der Waals surface area contributed by atoms with Crippen LogP contribution in [-0.2, 0) is 20.7 Å². The minimum absolute atomic E-state index is 0.0657. The number of carbonyl (C=O) groups excluding carboxylic acids is 2. The summed E-state index contributed by atoms with van der Waals surface area (Å²) >= 11 is 0. The smallest absolute Gasteiger partial charge is 0.408 e. The number of hydrogen-bond donors (Lipinski definition) is 1. The molecule has 8 heteroatoms. The standard InChI is InChI=1S/C18H24FN3O4/c1-17(2,3)25-15(23)13(22-16(24)26-18(4,5)6)8-11-7-12(19)14(9-20)21-10-11/h7,10,13H,8H2,1-6H3,(H,22,24)/t13-/m0/s1. The van der Waals surface area contributed by atoms with Crippen molar-refractivity contribution < 1.29 is 23.5 Å². The predicted octanol–water partition coefficient (Wildman–Crippen LogP) is 2.87. The molecule has 142 valence electrons. The second-order valence-electron chi connectivity index (χ2n) is 7.72. The molecule has 26 heavy (non-hydrogen) atoms. The molecule has 7 nitrogen and oxygen atoms in total. The SMILES string of the molecule is CC(C)(C)OC(=O)N[C@@H](Cc1cnc(C#N)c(F)c1)C(=O)OC(C)(C)C. The number of nitriles is 1. The second kappa shape index (κ2) is 8.13. The van der Waals surface area contributed by atoms with E-state index in [-0.39, 0.29) is 12.1 Å². The predicted molar refractivity (Wildman–Crippen MR) is 91.6 cm³/mol. The van der Waals surface area contributed by atoms with Crippen LogP contribution in [0.25, 0.3) is 0 Å². The highest BCUT2D eigenvalue weighted by molar-refractivity contribution is 5.82. The summed E-state index contributed by atoms with van der Waals surface area (Å²) < 4.78 is 24.2. The minimum Gasteiger partial charge on any atom is -0.458 e. The highest BCUT2D eigenvalue weighted by Crippen LogP contribution is 2.14.